The van der Waals surface area contributed by atoms with Gasteiger partial charge in [0.2, 0.25) is 10.0 Å². The summed E-state index contributed by atoms with van der Waals surface area (Å²) in [6.45, 7) is 8.79. The van der Waals surface area contributed by atoms with Crippen LogP contribution in [0.1, 0.15) is 43.4 Å². The molecule has 1 aromatic carbocycles. The molecule has 0 N–H and O–H groups in total. The standard InChI is InChI=1S/C15H24ClNO2S/c1-5-7-8-17(6-2)20(18,19)15-10-14(11-16)12(3)9-13(15)4/h9-10H,5-8,11H2,1-4H3. The normalized spacial score (nSPS) is 12.1. The van der Waals surface area contributed by atoms with Crippen LogP contribution in [-0.2, 0) is 15.9 Å². The third kappa shape index (κ3) is 3.74. The van der Waals surface area contributed by atoms with Gasteiger partial charge in [0.1, 0.15) is 0 Å². The first kappa shape index (κ1) is 17.5. The molecule has 0 spiro atoms. The molecule has 0 saturated carbocycles. The zero-order chi connectivity index (χ0) is 15.3. The predicted octanol–water partition coefficient (Wildman–Crippen LogP) is 3.85. The van der Waals surface area contributed by atoms with E-state index >= 15 is 0 Å². The summed E-state index contributed by atoms with van der Waals surface area (Å²) in [5.74, 6) is 0.329. The number of hydrogen-bond donors (Lipinski definition) is 0. The summed E-state index contributed by atoms with van der Waals surface area (Å²) in [5.41, 5.74) is 2.70. The van der Waals surface area contributed by atoms with E-state index in [9.17, 15) is 8.42 Å². The molecule has 20 heavy (non-hydrogen) atoms. The fourth-order valence-electron chi connectivity index (χ4n) is 2.22. The summed E-state index contributed by atoms with van der Waals surface area (Å²) >= 11 is 5.90. The number of sulfonamides is 1. The lowest BCUT2D eigenvalue weighted by atomic mass is 10.1. The maximum Gasteiger partial charge on any atom is 0.243 e. The molecule has 1 rings (SSSR count). The van der Waals surface area contributed by atoms with E-state index in [4.69, 9.17) is 11.6 Å². The first-order valence-corrected chi connectivity index (χ1v) is 9.02. The highest BCUT2D eigenvalue weighted by molar-refractivity contribution is 7.89. The van der Waals surface area contributed by atoms with Crippen molar-refractivity contribution in [3.8, 4) is 0 Å². The molecule has 0 aliphatic heterocycles. The highest BCUT2D eigenvalue weighted by Crippen LogP contribution is 2.25. The lowest BCUT2D eigenvalue weighted by molar-refractivity contribution is 0.418. The second-order valence-corrected chi connectivity index (χ2v) is 7.20. The van der Waals surface area contributed by atoms with Gasteiger partial charge in [0.25, 0.3) is 0 Å². The van der Waals surface area contributed by atoms with Crippen LogP contribution in [0.15, 0.2) is 17.0 Å². The van der Waals surface area contributed by atoms with E-state index < -0.39 is 10.0 Å². The average molecular weight is 318 g/mol. The Hall–Kier alpha value is -0.580. The molecule has 0 atom stereocenters. The first-order valence-electron chi connectivity index (χ1n) is 7.04. The minimum absolute atomic E-state index is 0.329. The van der Waals surface area contributed by atoms with Gasteiger partial charge in [0, 0.05) is 19.0 Å². The van der Waals surface area contributed by atoms with Gasteiger partial charge in [-0.2, -0.15) is 4.31 Å². The van der Waals surface area contributed by atoms with Crippen molar-refractivity contribution < 1.29 is 8.42 Å². The maximum atomic E-state index is 12.8. The monoisotopic (exact) mass is 317 g/mol. The Labute approximate surface area is 128 Å². The van der Waals surface area contributed by atoms with Crippen molar-refractivity contribution in [1.29, 1.82) is 0 Å². The van der Waals surface area contributed by atoms with Gasteiger partial charge in [-0.15, -0.1) is 11.6 Å². The van der Waals surface area contributed by atoms with E-state index in [1.54, 1.807) is 10.4 Å². The Bertz CT molecular complexity index is 555. The minimum atomic E-state index is -3.43. The van der Waals surface area contributed by atoms with Gasteiger partial charge in [-0.05, 0) is 43.0 Å². The van der Waals surface area contributed by atoms with Crippen molar-refractivity contribution >= 4 is 21.6 Å². The van der Waals surface area contributed by atoms with E-state index in [1.807, 2.05) is 26.8 Å². The average Bonchev–Trinajstić information content (AvgIpc) is 2.39. The molecule has 0 unspecified atom stereocenters. The Morgan fingerprint density at radius 1 is 1.15 bits per heavy atom. The fraction of sp³-hybridized carbons (Fsp3) is 0.600. The van der Waals surface area contributed by atoms with Gasteiger partial charge in [-0.25, -0.2) is 8.42 Å². The van der Waals surface area contributed by atoms with Crippen molar-refractivity contribution in [2.75, 3.05) is 13.1 Å². The van der Waals surface area contributed by atoms with Crippen LogP contribution in [0.2, 0.25) is 0 Å². The SMILES string of the molecule is CCCCN(CC)S(=O)(=O)c1cc(CCl)c(C)cc1C. The number of rotatable bonds is 7. The lowest BCUT2D eigenvalue weighted by Gasteiger charge is -2.22. The third-order valence-electron chi connectivity index (χ3n) is 3.51. The number of unbranched alkanes of at least 4 members (excludes halogenated alkanes) is 1. The molecule has 0 heterocycles. The number of halogens is 1. The molecule has 0 saturated heterocycles. The topological polar surface area (TPSA) is 37.4 Å². The summed E-state index contributed by atoms with van der Waals surface area (Å²) in [6, 6.07) is 3.62. The molecular weight excluding hydrogens is 294 g/mol. The number of nitrogens with zero attached hydrogens (tertiary/aromatic N) is 1. The molecule has 0 aliphatic rings. The third-order valence-corrected chi connectivity index (χ3v) is 5.91. The molecule has 0 aromatic heterocycles. The number of hydrogen-bond acceptors (Lipinski definition) is 2. The van der Waals surface area contributed by atoms with Crippen LogP contribution in [0.5, 0.6) is 0 Å². The van der Waals surface area contributed by atoms with Crippen molar-refractivity contribution in [3.05, 3.63) is 28.8 Å². The van der Waals surface area contributed by atoms with Crippen LogP contribution in [-0.4, -0.2) is 25.8 Å². The van der Waals surface area contributed by atoms with Gasteiger partial charge in [0.15, 0.2) is 0 Å². The molecule has 5 heteroatoms. The van der Waals surface area contributed by atoms with Gasteiger partial charge >= 0.3 is 0 Å². The van der Waals surface area contributed by atoms with Crippen molar-refractivity contribution in [2.24, 2.45) is 0 Å². The molecular formula is C15H24ClNO2S. The van der Waals surface area contributed by atoms with E-state index in [1.165, 1.54) is 0 Å². The van der Waals surface area contributed by atoms with Crippen LogP contribution < -0.4 is 0 Å². The zero-order valence-corrected chi connectivity index (χ0v) is 14.3. The molecule has 1 aromatic rings. The fourth-order valence-corrected chi connectivity index (χ4v) is 4.25. The smallest absolute Gasteiger partial charge is 0.207 e. The highest BCUT2D eigenvalue weighted by Gasteiger charge is 2.25. The van der Waals surface area contributed by atoms with Gasteiger partial charge < -0.3 is 0 Å². The van der Waals surface area contributed by atoms with E-state index in [0.29, 0.717) is 23.9 Å². The Morgan fingerprint density at radius 3 is 2.30 bits per heavy atom. The summed E-state index contributed by atoms with van der Waals surface area (Å²) in [6.07, 6.45) is 1.85. The Morgan fingerprint density at radius 2 is 1.80 bits per heavy atom. The highest BCUT2D eigenvalue weighted by atomic mass is 35.5. The van der Waals surface area contributed by atoms with Gasteiger partial charge in [-0.3, -0.25) is 0 Å². The Balaban J connectivity index is 3.26. The summed E-state index contributed by atoms with van der Waals surface area (Å²) < 4.78 is 27.1. The predicted molar refractivity (Wildman–Crippen MR) is 84.8 cm³/mol. The van der Waals surface area contributed by atoms with Crippen molar-refractivity contribution in [1.82, 2.24) is 4.31 Å². The van der Waals surface area contributed by atoms with Gasteiger partial charge in [-0.1, -0.05) is 26.3 Å². The van der Waals surface area contributed by atoms with Crippen molar-refractivity contribution in [2.45, 2.75) is 51.3 Å². The summed E-state index contributed by atoms with van der Waals surface area (Å²) in [7, 11) is -3.43. The largest absolute Gasteiger partial charge is 0.243 e. The van der Waals surface area contributed by atoms with Crippen molar-refractivity contribution in [3.63, 3.8) is 0 Å². The van der Waals surface area contributed by atoms with Crippen LogP contribution in [0, 0.1) is 13.8 Å². The molecule has 0 bridgehead atoms. The quantitative estimate of drug-likeness (QED) is 0.716. The van der Waals surface area contributed by atoms with Crippen LogP contribution >= 0.6 is 11.6 Å². The van der Waals surface area contributed by atoms with E-state index in [2.05, 4.69) is 6.92 Å². The lowest BCUT2D eigenvalue weighted by Crippen LogP contribution is -2.32. The Kier molecular flexibility index (Phi) is 6.49. The van der Waals surface area contributed by atoms with Crippen LogP contribution in [0.3, 0.4) is 0 Å². The number of aryl methyl sites for hydroxylation is 2. The number of alkyl halides is 1. The minimum Gasteiger partial charge on any atom is -0.207 e. The molecule has 0 fully saturated rings. The summed E-state index contributed by atoms with van der Waals surface area (Å²) in [5, 5.41) is 0. The summed E-state index contributed by atoms with van der Waals surface area (Å²) in [4.78, 5) is 0.386. The first-order chi connectivity index (χ1) is 9.38. The van der Waals surface area contributed by atoms with E-state index in [0.717, 1.165) is 29.5 Å². The number of benzene rings is 1. The van der Waals surface area contributed by atoms with E-state index in [-0.39, 0.29) is 0 Å². The second-order valence-electron chi connectivity index (χ2n) is 5.03. The van der Waals surface area contributed by atoms with Crippen LogP contribution in [0.4, 0.5) is 0 Å². The maximum absolute atomic E-state index is 12.8. The van der Waals surface area contributed by atoms with Crippen LogP contribution in [0.25, 0.3) is 0 Å². The van der Waals surface area contributed by atoms with Gasteiger partial charge in [0.05, 0.1) is 4.90 Å². The molecule has 114 valence electrons. The second kappa shape index (κ2) is 7.43. The zero-order valence-electron chi connectivity index (χ0n) is 12.7. The molecule has 0 amide bonds. The molecule has 0 aliphatic carbocycles. The molecule has 0 radical (unpaired) electrons. The molecule has 3 nitrogen and oxygen atoms in total.